The van der Waals surface area contributed by atoms with Crippen LogP contribution in [-0.2, 0) is 28.7 Å². The lowest BCUT2D eigenvalue weighted by atomic mass is 10.0. The molecule has 25 heavy (non-hydrogen) atoms. The molecule has 0 aliphatic carbocycles. The van der Waals surface area contributed by atoms with E-state index in [1.165, 1.54) is 13.2 Å². The van der Waals surface area contributed by atoms with Gasteiger partial charge < -0.3 is 4.74 Å². The summed E-state index contributed by atoms with van der Waals surface area (Å²) < 4.78 is 43.7. The molecule has 2 aromatic rings. The molecule has 0 radical (unpaired) electrons. The number of alkyl halides is 3. The van der Waals surface area contributed by atoms with Crippen LogP contribution in [0.3, 0.4) is 0 Å². The Bertz CT molecular complexity index is 790. The summed E-state index contributed by atoms with van der Waals surface area (Å²) in [6, 6.07) is 7.35. The highest BCUT2D eigenvalue weighted by Crippen LogP contribution is 2.40. The van der Waals surface area contributed by atoms with E-state index in [0.717, 1.165) is 11.3 Å². The second-order valence-corrected chi connectivity index (χ2v) is 7.27. The van der Waals surface area contributed by atoms with Crippen molar-refractivity contribution in [3.05, 3.63) is 56.2 Å². The Labute approximate surface area is 152 Å². The van der Waals surface area contributed by atoms with Crippen molar-refractivity contribution in [2.45, 2.75) is 25.2 Å². The fraction of sp³-hybridized carbons (Fsp3) is 0.353. The van der Waals surface area contributed by atoms with Gasteiger partial charge in [0.1, 0.15) is 10.9 Å². The Kier molecular flexibility index (Phi) is 5.09. The van der Waals surface area contributed by atoms with E-state index >= 15 is 0 Å². The minimum Gasteiger partial charge on any atom is -0.468 e. The SMILES string of the molecule is COC(=O)[C@H](c1ccccc1Cl)N1CCc2sc(C(F)(F)F)cc2C1. The Balaban J connectivity index is 1.93. The van der Waals surface area contributed by atoms with Gasteiger partial charge in [-0.25, -0.2) is 4.79 Å². The van der Waals surface area contributed by atoms with Gasteiger partial charge in [0.05, 0.1) is 7.11 Å². The normalized spacial score (nSPS) is 16.4. The van der Waals surface area contributed by atoms with Crippen molar-refractivity contribution in [2.24, 2.45) is 0 Å². The Morgan fingerprint density at radius 1 is 1.36 bits per heavy atom. The molecular weight excluding hydrogens is 375 g/mol. The van der Waals surface area contributed by atoms with E-state index < -0.39 is 23.1 Å². The van der Waals surface area contributed by atoms with E-state index in [1.54, 1.807) is 24.3 Å². The van der Waals surface area contributed by atoms with Gasteiger partial charge in [0, 0.05) is 23.0 Å². The average molecular weight is 390 g/mol. The van der Waals surface area contributed by atoms with Crippen LogP contribution in [0.4, 0.5) is 13.2 Å². The van der Waals surface area contributed by atoms with Gasteiger partial charge in [-0.3, -0.25) is 4.90 Å². The molecule has 1 atom stereocenters. The molecule has 1 aromatic carbocycles. The minimum atomic E-state index is -4.35. The summed E-state index contributed by atoms with van der Waals surface area (Å²) in [4.78, 5) is 14.3. The van der Waals surface area contributed by atoms with Crippen LogP contribution in [0.25, 0.3) is 0 Å². The number of hydrogen-bond acceptors (Lipinski definition) is 4. The van der Waals surface area contributed by atoms with Gasteiger partial charge in [-0.2, -0.15) is 13.2 Å². The van der Waals surface area contributed by atoms with Gasteiger partial charge in [0.2, 0.25) is 0 Å². The second kappa shape index (κ2) is 6.97. The molecule has 0 spiro atoms. The standard InChI is InChI=1S/C17H15ClF3NO2S/c1-24-16(23)15(11-4-2-3-5-12(11)18)22-7-6-13-10(9-22)8-14(25-13)17(19,20)21/h2-5,8,15H,6-7,9H2,1H3/t15-/m0/s1. The number of benzene rings is 1. The van der Waals surface area contributed by atoms with Crippen LogP contribution < -0.4 is 0 Å². The minimum absolute atomic E-state index is 0.243. The second-order valence-electron chi connectivity index (χ2n) is 5.72. The number of halogens is 4. The Hall–Kier alpha value is -1.57. The van der Waals surface area contributed by atoms with E-state index in [-0.39, 0.29) is 6.54 Å². The number of ether oxygens (including phenoxy) is 1. The van der Waals surface area contributed by atoms with Crippen molar-refractivity contribution in [1.82, 2.24) is 4.90 Å². The number of carbonyl (C=O) groups excluding carboxylic acids is 1. The lowest BCUT2D eigenvalue weighted by molar-refractivity contribution is -0.147. The van der Waals surface area contributed by atoms with E-state index in [2.05, 4.69) is 0 Å². The number of hydrogen-bond donors (Lipinski definition) is 0. The van der Waals surface area contributed by atoms with Crippen LogP contribution in [0, 0.1) is 0 Å². The van der Waals surface area contributed by atoms with Gasteiger partial charge in [-0.15, -0.1) is 11.3 Å². The molecule has 0 unspecified atom stereocenters. The molecule has 0 saturated heterocycles. The number of esters is 1. The van der Waals surface area contributed by atoms with Crippen molar-refractivity contribution in [3.8, 4) is 0 Å². The maximum absolute atomic E-state index is 12.9. The lowest BCUT2D eigenvalue weighted by Crippen LogP contribution is -2.38. The van der Waals surface area contributed by atoms with Crippen LogP contribution in [-0.4, -0.2) is 24.5 Å². The van der Waals surface area contributed by atoms with Crippen molar-refractivity contribution in [3.63, 3.8) is 0 Å². The van der Waals surface area contributed by atoms with Gasteiger partial charge >= 0.3 is 12.1 Å². The summed E-state index contributed by atoms with van der Waals surface area (Å²) in [5.74, 6) is -0.483. The van der Waals surface area contributed by atoms with Crippen LogP contribution >= 0.6 is 22.9 Å². The molecular formula is C17H15ClF3NO2S. The number of thiophene rings is 1. The molecule has 134 valence electrons. The van der Waals surface area contributed by atoms with Crippen LogP contribution in [0.5, 0.6) is 0 Å². The molecule has 0 fully saturated rings. The number of rotatable bonds is 3. The summed E-state index contributed by atoms with van der Waals surface area (Å²) in [6.45, 7) is 0.697. The zero-order valence-corrected chi connectivity index (χ0v) is 14.8. The zero-order valence-electron chi connectivity index (χ0n) is 13.3. The maximum atomic E-state index is 12.9. The molecule has 0 N–H and O–H groups in total. The van der Waals surface area contributed by atoms with Gasteiger partial charge in [0.25, 0.3) is 0 Å². The van der Waals surface area contributed by atoms with Gasteiger partial charge in [-0.1, -0.05) is 29.8 Å². The fourth-order valence-corrected chi connectivity index (χ4v) is 4.27. The highest BCUT2D eigenvalue weighted by molar-refractivity contribution is 7.12. The third-order valence-electron chi connectivity index (χ3n) is 4.16. The highest BCUT2D eigenvalue weighted by Gasteiger charge is 2.37. The third-order valence-corrected chi connectivity index (χ3v) is 5.79. The molecule has 1 aliphatic heterocycles. The highest BCUT2D eigenvalue weighted by atomic mass is 35.5. The smallest absolute Gasteiger partial charge is 0.425 e. The van der Waals surface area contributed by atoms with Crippen molar-refractivity contribution in [2.75, 3.05) is 13.7 Å². The molecule has 8 heteroatoms. The first-order valence-electron chi connectivity index (χ1n) is 7.56. The number of fused-ring (bicyclic) bond motifs is 1. The van der Waals surface area contributed by atoms with Crippen LogP contribution in [0.2, 0.25) is 5.02 Å². The molecule has 3 rings (SSSR count). The lowest BCUT2D eigenvalue weighted by Gasteiger charge is -2.33. The number of methoxy groups -OCH3 is 1. The van der Waals surface area contributed by atoms with Crippen LogP contribution in [0.15, 0.2) is 30.3 Å². The van der Waals surface area contributed by atoms with Crippen molar-refractivity contribution < 1.29 is 22.7 Å². The van der Waals surface area contributed by atoms with Crippen LogP contribution in [0.1, 0.15) is 26.9 Å². The van der Waals surface area contributed by atoms with E-state index in [4.69, 9.17) is 16.3 Å². The molecule has 0 saturated carbocycles. The zero-order chi connectivity index (χ0) is 18.2. The first kappa shape index (κ1) is 18.2. The average Bonchev–Trinajstić information content (AvgIpc) is 3.00. The van der Waals surface area contributed by atoms with E-state index in [9.17, 15) is 18.0 Å². The molecule has 2 heterocycles. The monoisotopic (exact) mass is 389 g/mol. The maximum Gasteiger partial charge on any atom is 0.425 e. The van der Waals surface area contributed by atoms with Crippen molar-refractivity contribution in [1.29, 1.82) is 0 Å². The summed E-state index contributed by atoms with van der Waals surface area (Å²) >= 11 is 7.00. The van der Waals surface area contributed by atoms with Crippen molar-refractivity contribution >= 4 is 28.9 Å². The Morgan fingerprint density at radius 2 is 2.08 bits per heavy atom. The largest absolute Gasteiger partial charge is 0.468 e. The summed E-state index contributed by atoms with van der Waals surface area (Å²) in [7, 11) is 1.29. The topological polar surface area (TPSA) is 29.5 Å². The fourth-order valence-electron chi connectivity index (χ4n) is 3.00. The van der Waals surface area contributed by atoms with Gasteiger partial charge in [0.15, 0.2) is 0 Å². The first-order chi connectivity index (χ1) is 11.8. The van der Waals surface area contributed by atoms with E-state index in [1.807, 2.05) is 4.90 Å². The van der Waals surface area contributed by atoms with E-state index in [0.29, 0.717) is 34.0 Å². The predicted molar refractivity (Wildman–Crippen MR) is 89.6 cm³/mol. The third kappa shape index (κ3) is 3.68. The number of nitrogens with zero attached hydrogens (tertiary/aromatic N) is 1. The summed E-state index contributed by atoms with van der Waals surface area (Å²) in [5.41, 5.74) is 1.19. The Morgan fingerprint density at radius 3 is 2.72 bits per heavy atom. The molecule has 3 nitrogen and oxygen atoms in total. The summed E-state index contributed by atoms with van der Waals surface area (Å²) in [6.07, 6.45) is -3.90. The molecule has 0 amide bonds. The molecule has 1 aromatic heterocycles. The molecule has 0 bridgehead atoms. The first-order valence-corrected chi connectivity index (χ1v) is 8.75. The molecule has 1 aliphatic rings. The number of carbonyl (C=O) groups is 1. The quantitative estimate of drug-likeness (QED) is 0.713. The van der Waals surface area contributed by atoms with Gasteiger partial charge in [-0.05, 0) is 29.7 Å². The predicted octanol–water partition coefficient (Wildman–Crippen LogP) is 4.69. The summed E-state index contributed by atoms with van der Waals surface area (Å²) in [5, 5.41) is 0.421.